The number of urea groups is 1. The molecule has 0 fully saturated rings. The predicted octanol–water partition coefficient (Wildman–Crippen LogP) is 0.610. The van der Waals surface area contributed by atoms with Gasteiger partial charge >= 0.3 is 18.1 Å². The second-order valence-corrected chi connectivity index (χ2v) is 6.86. The topological polar surface area (TPSA) is 126 Å². The third kappa shape index (κ3) is 11.7. The van der Waals surface area contributed by atoms with Crippen LogP contribution in [0, 0.1) is 0 Å². The fourth-order valence-electron chi connectivity index (χ4n) is 1.98. The van der Waals surface area contributed by atoms with Crippen molar-refractivity contribution in [3.8, 4) is 0 Å². The van der Waals surface area contributed by atoms with E-state index in [1.54, 1.807) is 34.7 Å². The molecular formula is C17H32N4O6. The summed E-state index contributed by atoms with van der Waals surface area (Å²) in [5.41, 5.74) is -0.710. The minimum atomic E-state index is -0.990. The van der Waals surface area contributed by atoms with Gasteiger partial charge in [-0.25, -0.2) is 14.4 Å². The fourth-order valence-corrected chi connectivity index (χ4v) is 1.98. The molecule has 1 atom stereocenters. The molecule has 0 aliphatic rings. The number of methoxy groups -OCH3 is 1. The van der Waals surface area contributed by atoms with Crippen molar-refractivity contribution in [3.63, 3.8) is 0 Å². The highest BCUT2D eigenvalue weighted by Gasteiger charge is 2.26. The molecule has 0 spiro atoms. The van der Waals surface area contributed by atoms with Crippen LogP contribution in [0.3, 0.4) is 0 Å². The van der Waals surface area contributed by atoms with Crippen molar-refractivity contribution in [2.24, 2.45) is 0 Å². The Morgan fingerprint density at radius 2 is 1.74 bits per heavy atom. The van der Waals surface area contributed by atoms with Gasteiger partial charge in [-0.15, -0.1) is 0 Å². The summed E-state index contributed by atoms with van der Waals surface area (Å²) < 4.78 is 9.77. The maximum absolute atomic E-state index is 12.2. The van der Waals surface area contributed by atoms with E-state index >= 15 is 0 Å². The summed E-state index contributed by atoms with van der Waals surface area (Å²) >= 11 is 0. The number of esters is 1. The Morgan fingerprint density at radius 3 is 2.26 bits per heavy atom. The van der Waals surface area contributed by atoms with Gasteiger partial charge in [-0.3, -0.25) is 4.79 Å². The van der Waals surface area contributed by atoms with Gasteiger partial charge < -0.3 is 30.3 Å². The maximum atomic E-state index is 12.2. The highest BCUT2D eigenvalue weighted by molar-refractivity contribution is 5.83. The van der Waals surface area contributed by atoms with E-state index < -0.39 is 23.7 Å². The van der Waals surface area contributed by atoms with Gasteiger partial charge in [0.05, 0.1) is 7.11 Å². The first-order chi connectivity index (χ1) is 12.5. The van der Waals surface area contributed by atoms with Crippen molar-refractivity contribution in [1.82, 2.24) is 20.9 Å². The summed E-state index contributed by atoms with van der Waals surface area (Å²) in [6.45, 7) is 8.04. The van der Waals surface area contributed by atoms with E-state index in [0.29, 0.717) is 19.6 Å². The van der Waals surface area contributed by atoms with Crippen LogP contribution in [-0.2, 0) is 19.1 Å². The standard InChI is InChI=1S/C17H32N4O6/c1-7-18-15(24)19-10-11-21(5)13(22)9-8-12(14(23)26-6)20-16(25)27-17(2,3)4/h12H,7-11H2,1-6H3,(H,20,25)(H2,18,19,24). The van der Waals surface area contributed by atoms with Gasteiger partial charge in [0.25, 0.3) is 0 Å². The molecule has 0 aliphatic carbocycles. The molecule has 3 N–H and O–H groups in total. The van der Waals surface area contributed by atoms with E-state index in [-0.39, 0.29) is 24.8 Å². The van der Waals surface area contributed by atoms with Gasteiger partial charge in [-0.05, 0) is 34.1 Å². The van der Waals surface area contributed by atoms with Gasteiger partial charge in [0, 0.05) is 33.1 Å². The first-order valence-electron chi connectivity index (χ1n) is 8.83. The molecule has 0 aromatic heterocycles. The lowest BCUT2D eigenvalue weighted by atomic mass is 10.1. The van der Waals surface area contributed by atoms with E-state index in [2.05, 4.69) is 20.7 Å². The van der Waals surface area contributed by atoms with Crippen LogP contribution in [-0.4, -0.2) is 74.3 Å². The first-order valence-corrected chi connectivity index (χ1v) is 8.83. The van der Waals surface area contributed by atoms with Gasteiger partial charge in [0.15, 0.2) is 0 Å². The number of likely N-dealkylation sites (N-methyl/N-ethyl adjacent to an activating group) is 1. The Hall–Kier alpha value is -2.52. The number of hydrogen-bond acceptors (Lipinski definition) is 6. The van der Waals surface area contributed by atoms with Crippen LogP contribution in [0.25, 0.3) is 0 Å². The quantitative estimate of drug-likeness (QED) is 0.497. The minimum absolute atomic E-state index is 0.0211. The number of hydrogen-bond donors (Lipinski definition) is 3. The second kappa shape index (κ2) is 12.0. The fraction of sp³-hybridized carbons (Fsp3) is 0.765. The van der Waals surface area contributed by atoms with Crippen LogP contribution < -0.4 is 16.0 Å². The lowest BCUT2D eigenvalue weighted by molar-refractivity contribution is -0.143. The van der Waals surface area contributed by atoms with E-state index in [9.17, 15) is 19.2 Å². The lowest BCUT2D eigenvalue weighted by Gasteiger charge is -2.23. The molecule has 0 aromatic rings. The highest BCUT2D eigenvalue weighted by Crippen LogP contribution is 2.09. The van der Waals surface area contributed by atoms with Crippen molar-refractivity contribution in [1.29, 1.82) is 0 Å². The molecule has 0 rings (SSSR count). The van der Waals surface area contributed by atoms with E-state index in [0.717, 1.165) is 0 Å². The number of carbonyl (C=O) groups excluding carboxylic acids is 4. The number of rotatable bonds is 9. The number of ether oxygens (including phenoxy) is 2. The third-order valence-corrected chi connectivity index (χ3v) is 3.32. The molecule has 0 radical (unpaired) electrons. The normalized spacial score (nSPS) is 11.8. The van der Waals surface area contributed by atoms with Crippen LogP contribution in [0.2, 0.25) is 0 Å². The van der Waals surface area contributed by atoms with Crippen LogP contribution in [0.4, 0.5) is 9.59 Å². The van der Waals surface area contributed by atoms with Crippen molar-refractivity contribution in [2.45, 2.75) is 52.2 Å². The molecule has 156 valence electrons. The van der Waals surface area contributed by atoms with Crippen molar-refractivity contribution in [2.75, 3.05) is 33.8 Å². The zero-order chi connectivity index (χ0) is 21.0. The summed E-state index contributed by atoms with van der Waals surface area (Å²) in [5, 5.41) is 7.62. The summed E-state index contributed by atoms with van der Waals surface area (Å²) in [7, 11) is 2.79. The Balaban J connectivity index is 4.47. The lowest BCUT2D eigenvalue weighted by Crippen LogP contribution is -2.45. The van der Waals surface area contributed by atoms with Crippen molar-refractivity contribution >= 4 is 24.0 Å². The minimum Gasteiger partial charge on any atom is -0.467 e. The molecule has 1 unspecified atom stereocenters. The van der Waals surface area contributed by atoms with Crippen LogP contribution in [0.1, 0.15) is 40.5 Å². The number of nitrogens with one attached hydrogen (secondary N) is 3. The highest BCUT2D eigenvalue weighted by atomic mass is 16.6. The number of carbonyl (C=O) groups is 4. The maximum Gasteiger partial charge on any atom is 0.408 e. The predicted molar refractivity (Wildman–Crippen MR) is 99.1 cm³/mol. The monoisotopic (exact) mass is 388 g/mol. The van der Waals surface area contributed by atoms with E-state index in [4.69, 9.17) is 4.74 Å². The molecule has 10 heteroatoms. The SMILES string of the molecule is CCNC(=O)NCCN(C)C(=O)CCC(NC(=O)OC(C)(C)C)C(=O)OC. The molecule has 0 saturated carbocycles. The summed E-state index contributed by atoms with van der Waals surface area (Å²) in [6.07, 6.45) is -0.670. The average Bonchev–Trinajstić information content (AvgIpc) is 2.55. The van der Waals surface area contributed by atoms with E-state index in [1.165, 1.54) is 12.0 Å². The largest absolute Gasteiger partial charge is 0.467 e. The van der Waals surface area contributed by atoms with Gasteiger partial charge in [-0.1, -0.05) is 0 Å². The molecule has 0 aromatic carbocycles. The molecule has 0 aliphatic heterocycles. The Kier molecular flexibility index (Phi) is 10.9. The van der Waals surface area contributed by atoms with Gasteiger partial charge in [0.2, 0.25) is 5.91 Å². The Bertz CT molecular complexity index is 518. The molecule has 27 heavy (non-hydrogen) atoms. The zero-order valence-corrected chi connectivity index (χ0v) is 17.0. The van der Waals surface area contributed by atoms with E-state index in [1.807, 2.05) is 0 Å². The van der Waals surface area contributed by atoms with Crippen molar-refractivity contribution < 1.29 is 28.7 Å². The second-order valence-electron chi connectivity index (χ2n) is 6.86. The van der Waals surface area contributed by atoms with Crippen LogP contribution in [0.5, 0.6) is 0 Å². The van der Waals surface area contributed by atoms with Crippen LogP contribution >= 0.6 is 0 Å². The first kappa shape index (κ1) is 24.5. The third-order valence-electron chi connectivity index (χ3n) is 3.32. The summed E-state index contributed by atoms with van der Waals surface area (Å²) in [6, 6.07) is -1.29. The number of nitrogens with zero attached hydrogens (tertiary/aromatic N) is 1. The molecular weight excluding hydrogens is 356 g/mol. The van der Waals surface area contributed by atoms with Gasteiger partial charge in [-0.2, -0.15) is 0 Å². The van der Waals surface area contributed by atoms with Crippen molar-refractivity contribution in [3.05, 3.63) is 0 Å². The smallest absolute Gasteiger partial charge is 0.408 e. The summed E-state index contributed by atoms with van der Waals surface area (Å²) in [4.78, 5) is 48.6. The average molecular weight is 388 g/mol. The van der Waals surface area contributed by atoms with Gasteiger partial charge in [0.1, 0.15) is 11.6 Å². The Morgan fingerprint density at radius 1 is 1.11 bits per heavy atom. The molecule has 4 amide bonds. The number of alkyl carbamates (subject to hydrolysis) is 1. The molecule has 0 heterocycles. The molecule has 0 bridgehead atoms. The molecule has 10 nitrogen and oxygen atoms in total. The molecule has 0 saturated heterocycles. The zero-order valence-electron chi connectivity index (χ0n) is 17.0. The Labute approximate surface area is 160 Å². The summed E-state index contributed by atoms with van der Waals surface area (Å²) in [5.74, 6) is -0.887. The van der Waals surface area contributed by atoms with Crippen LogP contribution in [0.15, 0.2) is 0 Å². The number of amides is 4.